The van der Waals surface area contributed by atoms with E-state index in [4.69, 9.17) is 26.4 Å². The van der Waals surface area contributed by atoms with E-state index in [1.165, 1.54) is 10.8 Å². The van der Waals surface area contributed by atoms with Crippen LogP contribution < -0.4 is 5.69 Å². The molecule has 1 saturated heterocycles. The van der Waals surface area contributed by atoms with Crippen LogP contribution in [-0.4, -0.2) is 40.3 Å². The first kappa shape index (κ1) is 21.7. The Morgan fingerprint density at radius 3 is 2.25 bits per heavy atom. The number of nitrogens with zero attached hydrogens (tertiary/aromatic N) is 1. The zero-order valence-corrected chi connectivity index (χ0v) is 17.7. The maximum Gasteiger partial charge on any atom is 0.338 e. The Hall–Kier alpha value is -3.56. The van der Waals surface area contributed by atoms with Gasteiger partial charge in [0.2, 0.25) is 0 Å². The van der Waals surface area contributed by atoms with Crippen molar-refractivity contribution in [2.24, 2.45) is 0 Å². The number of esters is 2. The molecule has 0 bridgehead atoms. The third-order valence-electron chi connectivity index (χ3n) is 5.00. The monoisotopic (exact) mass is 452 g/mol. The first-order valence-electron chi connectivity index (χ1n) is 9.96. The standard InChI is InChI=1S/C23H20N2O6S/c26-21(15-7-3-1-4-8-15)29-14-18-17(31-22(27)16-9-5-2-6-10-16)13-20(30-18)25-12-11-19(32)24-23(25)28/h1-12,17-18,20H,13-14H2,(H,24,28,32)/t17?,18-,20-/m0/s1. The second kappa shape index (κ2) is 9.71. The predicted molar refractivity (Wildman–Crippen MR) is 117 cm³/mol. The van der Waals surface area contributed by atoms with Crippen LogP contribution in [-0.2, 0) is 14.2 Å². The summed E-state index contributed by atoms with van der Waals surface area (Å²) in [6.07, 6.45) is -0.484. The van der Waals surface area contributed by atoms with Crippen molar-refractivity contribution in [3.63, 3.8) is 0 Å². The number of H-pyrrole nitrogens is 1. The van der Waals surface area contributed by atoms with Gasteiger partial charge in [-0.05, 0) is 30.3 Å². The molecular formula is C23H20N2O6S. The molecule has 3 aromatic rings. The first-order chi connectivity index (χ1) is 15.5. The zero-order chi connectivity index (χ0) is 22.5. The number of hydrogen-bond donors (Lipinski definition) is 1. The maximum atomic E-state index is 12.6. The number of benzene rings is 2. The largest absolute Gasteiger partial charge is 0.459 e. The fourth-order valence-corrected chi connectivity index (χ4v) is 3.54. The molecule has 0 saturated carbocycles. The highest BCUT2D eigenvalue weighted by Gasteiger charge is 2.40. The molecule has 0 radical (unpaired) electrons. The molecule has 164 valence electrons. The van der Waals surface area contributed by atoms with Crippen molar-refractivity contribution in [1.82, 2.24) is 9.55 Å². The van der Waals surface area contributed by atoms with Crippen molar-refractivity contribution >= 4 is 24.2 Å². The van der Waals surface area contributed by atoms with Crippen molar-refractivity contribution in [1.29, 1.82) is 0 Å². The molecular weight excluding hydrogens is 432 g/mol. The molecule has 1 unspecified atom stereocenters. The molecule has 0 amide bonds. The van der Waals surface area contributed by atoms with Crippen LogP contribution in [0.5, 0.6) is 0 Å². The van der Waals surface area contributed by atoms with Gasteiger partial charge < -0.3 is 14.2 Å². The summed E-state index contributed by atoms with van der Waals surface area (Å²) in [5, 5.41) is 0. The molecule has 1 N–H and O–H groups in total. The SMILES string of the molecule is O=C(OC[C@@H]1O[C@H](n2ccc(=S)[nH]c2=O)CC1OC(=O)c1ccccc1)c1ccccc1. The van der Waals surface area contributed by atoms with Crippen LogP contribution in [0.15, 0.2) is 77.7 Å². The van der Waals surface area contributed by atoms with Gasteiger partial charge in [-0.3, -0.25) is 9.55 Å². The normalized spacial score (nSPS) is 19.9. The number of aromatic nitrogens is 2. The molecule has 2 heterocycles. The van der Waals surface area contributed by atoms with E-state index in [0.717, 1.165) is 0 Å². The lowest BCUT2D eigenvalue weighted by molar-refractivity contribution is -0.0582. The van der Waals surface area contributed by atoms with Gasteiger partial charge >= 0.3 is 17.6 Å². The van der Waals surface area contributed by atoms with Gasteiger partial charge in [0.25, 0.3) is 0 Å². The summed E-state index contributed by atoms with van der Waals surface area (Å²) in [5.74, 6) is -1.05. The number of ether oxygens (including phenoxy) is 3. The number of rotatable bonds is 6. The van der Waals surface area contributed by atoms with Gasteiger partial charge in [0.1, 0.15) is 29.7 Å². The van der Waals surface area contributed by atoms with Crippen molar-refractivity contribution in [3.05, 3.63) is 99.2 Å². The Bertz CT molecular complexity index is 1210. The summed E-state index contributed by atoms with van der Waals surface area (Å²) < 4.78 is 18.6. The van der Waals surface area contributed by atoms with Crippen molar-refractivity contribution in [2.75, 3.05) is 6.61 Å². The highest BCUT2D eigenvalue weighted by Crippen LogP contribution is 2.31. The molecule has 4 rings (SSSR count). The van der Waals surface area contributed by atoms with E-state index in [2.05, 4.69) is 4.98 Å². The summed E-state index contributed by atoms with van der Waals surface area (Å²) in [6.45, 7) is -0.144. The minimum absolute atomic E-state index is 0.144. The number of hydrogen-bond acceptors (Lipinski definition) is 7. The van der Waals surface area contributed by atoms with Gasteiger partial charge in [-0.1, -0.05) is 48.6 Å². The first-order valence-corrected chi connectivity index (χ1v) is 10.4. The third kappa shape index (κ3) is 5.01. The molecule has 0 spiro atoms. The molecule has 32 heavy (non-hydrogen) atoms. The van der Waals surface area contributed by atoms with E-state index in [9.17, 15) is 14.4 Å². The fraction of sp³-hybridized carbons (Fsp3) is 0.217. The van der Waals surface area contributed by atoms with E-state index < -0.39 is 36.1 Å². The topological polar surface area (TPSA) is 99.6 Å². The van der Waals surface area contributed by atoms with Crippen LogP contribution in [0.4, 0.5) is 0 Å². The lowest BCUT2D eigenvalue weighted by Gasteiger charge is -2.19. The maximum absolute atomic E-state index is 12.6. The second-order valence-corrected chi connectivity index (χ2v) is 7.60. The van der Waals surface area contributed by atoms with Gasteiger partial charge in [-0.15, -0.1) is 0 Å². The fourth-order valence-electron chi connectivity index (χ4n) is 3.39. The van der Waals surface area contributed by atoms with Crippen molar-refractivity contribution in [2.45, 2.75) is 24.9 Å². The Morgan fingerprint density at radius 1 is 1.00 bits per heavy atom. The zero-order valence-electron chi connectivity index (χ0n) is 16.9. The van der Waals surface area contributed by atoms with Gasteiger partial charge in [0, 0.05) is 12.6 Å². The van der Waals surface area contributed by atoms with Crippen LogP contribution in [0.25, 0.3) is 0 Å². The number of carbonyl (C=O) groups is 2. The average Bonchev–Trinajstić information content (AvgIpc) is 3.20. The number of nitrogens with one attached hydrogen (secondary N) is 1. The molecule has 8 nitrogen and oxygen atoms in total. The quantitative estimate of drug-likeness (QED) is 0.453. The summed E-state index contributed by atoms with van der Waals surface area (Å²) in [6, 6.07) is 18.6. The van der Waals surface area contributed by atoms with E-state index in [1.807, 2.05) is 0 Å². The summed E-state index contributed by atoms with van der Waals surface area (Å²) in [5.41, 5.74) is 0.334. The van der Waals surface area contributed by atoms with Gasteiger partial charge in [-0.25, -0.2) is 14.4 Å². The van der Waals surface area contributed by atoms with Crippen LogP contribution in [0.2, 0.25) is 0 Å². The van der Waals surface area contributed by atoms with Gasteiger partial charge in [-0.2, -0.15) is 0 Å². The summed E-state index contributed by atoms with van der Waals surface area (Å²) in [4.78, 5) is 39.8. The van der Waals surface area contributed by atoms with Crippen molar-refractivity contribution in [3.8, 4) is 0 Å². The molecule has 1 fully saturated rings. The smallest absolute Gasteiger partial charge is 0.338 e. The second-order valence-electron chi connectivity index (χ2n) is 7.16. The molecule has 1 aromatic heterocycles. The Labute approximate surface area is 188 Å². The minimum Gasteiger partial charge on any atom is -0.459 e. The highest BCUT2D eigenvalue weighted by molar-refractivity contribution is 7.71. The summed E-state index contributed by atoms with van der Waals surface area (Å²) >= 11 is 4.97. The Kier molecular flexibility index (Phi) is 6.58. The van der Waals surface area contributed by atoms with Crippen LogP contribution in [0, 0.1) is 4.64 Å². The van der Waals surface area contributed by atoms with Crippen LogP contribution in [0.3, 0.4) is 0 Å². The summed E-state index contributed by atoms with van der Waals surface area (Å²) in [7, 11) is 0. The van der Waals surface area contributed by atoms with Gasteiger partial charge in [0.05, 0.1) is 11.1 Å². The van der Waals surface area contributed by atoms with Crippen LogP contribution in [0.1, 0.15) is 33.4 Å². The third-order valence-corrected chi connectivity index (χ3v) is 5.24. The molecule has 2 aromatic carbocycles. The minimum atomic E-state index is -0.754. The molecule has 3 atom stereocenters. The van der Waals surface area contributed by atoms with E-state index >= 15 is 0 Å². The molecule has 0 aliphatic carbocycles. The average molecular weight is 452 g/mol. The number of carbonyl (C=O) groups excluding carboxylic acids is 2. The lowest BCUT2D eigenvalue weighted by atomic mass is 10.1. The highest BCUT2D eigenvalue weighted by atomic mass is 32.1. The predicted octanol–water partition coefficient (Wildman–Crippen LogP) is 3.28. The van der Waals surface area contributed by atoms with E-state index in [1.54, 1.807) is 66.7 Å². The Morgan fingerprint density at radius 2 is 1.62 bits per heavy atom. The van der Waals surface area contributed by atoms with E-state index in [-0.39, 0.29) is 13.0 Å². The van der Waals surface area contributed by atoms with Crippen molar-refractivity contribution < 1.29 is 23.8 Å². The Balaban J connectivity index is 1.51. The molecule has 1 aliphatic rings. The molecule has 1 aliphatic heterocycles. The molecule has 9 heteroatoms. The van der Waals surface area contributed by atoms with Crippen LogP contribution >= 0.6 is 12.2 Å². The van der Waals surface area contributed by atoms with E-state index in [0.29, 0.717) is 15.8 Å². The van der Waals surface area contributed by atoms with Gasteiger partial charge in [0.15, 0.2) is 0 Å². The lowest BCUT2D eigenvalue weighted by Crippen LogP contribution is -2.32. The number of aromatic amines is 1.